The maximum absolute atomic E-state index is 12.6. The first-order valence-electron chi connectivity index (χ1n) is 9.19. The molecule has 0 aliphatic heterocycles. The number of likely N-dealkylation sites (N-methyl/N-ethyl adjacent to an activating group) is 1. The highest BCUT2D eigenvalue weighted by molar-refractivity contribution is 14.0. The molecule has 0 spiro atoms. The molecule has 6 nitrogen and oxygen atoms in total. The van der Waals surface area contributed by atoms with Crippen molar-refractivity contribution < 1.29 is 18.0 Å². The molecule has 11 heteroatoms. The zero-order chi connectivity index (χ0) is 21.3. The molecule has 2 aromatic rings. The van der Waals surface area contributed by atoms with Gasteiger partial charge in [-0.3, -0.25) is 4.79 Å². The van der Waals surface area contributed by atoms with E-state index in [1.165, 1.54) is 0 Å². The van der Waals surface area contributed by atoms with E-state index >= 15 is 0 Å². The zero-order valence-corrected chi connectivity index (χ0v) is 19.8. The number of alkyl halides is 3. The fourth-order valence-corrected chi connectivity index (χ4v) is 3.19. The Morgan fingerprint density at radius 2 is 1.90 bits per heavy atom. The van der Waals surface area contributed by atoms with Crippen LogP contribution in [0.5, 0.6) is 0 Å². The van der Waals surface area contributed by atoms with E-state index in [0.29, 0.717) is 25.6 Å². The van der Waals surface area contributed by atoms with Crippen molar-refractivity contribution in [2.45, 2.75) is 33.1 Å². The minimum atomic E-state index is -4.46. The normalized spacial score (nSPS) is 11.6. The van der Waals surface area contributed by atoms with Gasteiger partial charge in [0.2, 0.25) is 5.91 Å². The van der Waals surface area contributed by atoms with Gasteiger partial charge in [0, 0.05) is 25.0 Å². The molecule has 0 saturated heterocycles. The van der Waals surface area contributed by atoms with Gasteiger partial charge in [0.25, 0.3) is 0 Å². The highest BCUT2D eigenvalue weighted by Gasteiger charge is 2.33. The van der Waals surface area contributed by atoms with Gasteiger partial charge in [-0.05, 0) is 19.4 Å². The van der Waals surface area contributed by atoms with E-state index in [0.717, 1.165) is 22.3 Å². The van der Waals surface area contributed by atoms with Gasteiger partial charge in [0.15, 0.2) is 11.7 Å². The lowest BCUT2D eigenvalue weighted by Gasteiger charge is -2.20. The standard InChI is InChI=1S/C19H24F3N5OS.HI/c1-3-23-18(24-10-16-26-15(13-29-16)19(20,21)22)25-11-17(28)27(4-2)12-14-8-6-5-7-9-14;/h5-9,13H,3-4,10-12H2,1-2H3,(H2,23,24,25);1H. The molecule has 1 aromatic carbocycles. The molecule has 1 amide bonds. The summed E-state index contributed by atoms with van der Waals surface area (Å²) in [4.78, 5) is 22.0. The first-order chi connectivity index (χ1) is 13.8. The summed E-state index contributed by atoms with van der Waals surface area (Å²) in [6.07, 6.45) is -4.46. The van der Waals surface area contributed by atoms with Gasteiger partial charge in [0.05, 0.1) is 6.54 Å². The Labute approximate surface area is 195 Å². The summed E-state index contributed by atoms with van der Waals surface area (Å²) >= 11 is 0.919. The van der Waals surface area contributed by atoms with Crippen molar-refractivity contribution in [2.75, 3.05) is 19.6 Å². The molecular weight excluding hydrogens is 530 g/mol. The van der Waals surface area contributed by atoms with Crippen LogP contribution in [0.3, 0.4) is 0 Å². The molecule has 0 aliphatic rings. The number of hydrogen-bond donors (Lipinski definition) is 2. The highest BCUT2D eigenvalue weighted by atomic mass is 127. The van der Waals surface area contributed by atoms with Crippen LogP contribution in [0.4, 0.5) is 13.2 Å². The Bertz CT molecular complexity index is 814. The van der Waals surface area contributed by atoms with Crippen LogP contribution in [-0.4, -0.2) is 41.4 Å². The van der Waals surface area contributed by atoms with Crippen LogP contribution in [0.15, 0.2) is 40.7 Å². The van der Waals surface area contributed by atoms with Crippen molar-refractivity contribution in [3.8, 4) is 0 Å². The highest BCUT2D eigenvalue weighted by Crippen LogP contribution is 2.29. The lowest BCUT2D eigenvalue weighted by atomic mass is 10.2. The second-order valence-corrected chi connectivity index (χ2v) is 7.01. The topological polar surface area (TPSA) is 69.6 Å². The van der Waals surface area contributed by atoms with E-state index in [2.05, 4.69) is 20.6 Å². The number of carbonyl (C=O) groups excluding carboxylic acids is 1. The van der Waals surface area contributed by atoms with Crippen LogP contribution >= 0.6 is 35.3 Å². The minimum absolute atomic E-state index is 0. The summed E-state index contributed by atoms with van der Waals surface area (Å²) < 4.78 is 37.9. The number of carbonyl (C=O) groups is 1. The second-order valence-electron chi connectivity index (χ2n) is 6.07. The van der Waals surface area contributed by atoms with Gasteiger partial charge in [-0.2, -0.15) is 13.2 Å². The Hall–Kier alpha value is -1.89. The quantitative estimate of drug-likeness (QED) is 0.295. The Morgan fingerprint density at radius 3 is 2.47 bits per heavy atom. The number of amides is 1. The number of nitrogens with one attached hydrogen (secondary N) is 2. The molecule has 2 rings (SSSR count). The molecule has 2 N–H and O–H groups in total. The maximum Gasteiger partial charge on any atom is 0.434 e. The van der Waals surface area contributed by atoms with E-state index in [1.54, 1.807) is 4.90 Å². The predicted molar refractivity (Wildman–Crippen MR) is 123 cm³/mol. The smallest absolute Gasteiger partial charge is 0.357 e. The Morgan fingerprint density at radius 1 is 1.20 bits per heavy atom. The van der Waals surface area contributed by atoms with Crippen LogP contribution in [0.25, 0.3) is 0 Å². The lowest BCUT2D eigenvalue weighted by molar-refractivity contribution is -0.140. The van der Waals surface area contributed by atoms with E-state index in [4.69, 9.17) is 0 Å². The molecule has 166 valence electrons. The molecule has 0 radical (unpaired) electrons. The summed E-state index contributed by atoms with van der Waals surface area (Å²) in [6.45, 7) is 5.37. The molecule has 1 aromatic heterocycles. The number of aliphatic imine (C=N–C) groups is 1. The first-order valence-corrected chi connectivity index (χ1v) is 10.1. The van der Waals surface area contributed by atoms with E-state index in [9.17, 15) is 18.0 Å². The molecular formula is C19H25F3IN5OS. The summed E-state index contributed by atoms with van der Waals surface area (Å²) in [6, 6.07) is 9.66. The third-order valence-corrected chi connectivity index (χ3v) is 4.77. The molecule has 1 heterocycles. The van der Waals surface area contributed by atoms with Crippen LogP contribution in [-0.2, 0) is 24.1 Å². The van der Waals surface area contributed by atoms with E-state index in [1.807, 2.05) is 44.2 Å². The number of benzene rings is 1. The molecule has 0 unspecified atom stereocenters. The summed E-state index contributed by atoms with van der Waals surface area (Å²) in [5, 5.41) is 7.15. The van der Waals surface area contributed by atoms with E-state index < -0.39 is 11.9 Å². The van der Waals surface area contributed by atoms with Crippen LogP contribution in [0.1, 0.15) is 30.1 Å². The average Bonchev–Trinajstić information content (AvgIpc) is 3.18. The van der Waals surface area contributed by atoms with Crippen molar-refractivity contribution in [1.29, 1.82) is 0 Å². The fourth-order valence-electron chi connectivity index (χ4n) is 2.45. The number of guanidine groups is 1. The minimum Gasteiger partial charge on any atom is -0.357 e. The van der Waals surface area contributed by atoms with Gasteiger partial charge in [-0.15, -0.1) is 35.3 Å². The van der Waals surface area contributed by atoms with Crippen molar-refractivity contribution >= 4 is 47.2 Å². The Kier molecular flexibility index (Phi) is 11.1. The van der Waals surface area contributed by atoms with E-state index in [-0.39, 0.29) is 48.0 Å². The average molecular weight is 555 g/mol. The number of hydrogen-bond acceptors (Lipinski definition) is 4. The van der Waals surface area contributed by atoms with Gasteiger partial charge in [-0.25, -0.2) is 9.98 Å². The predicted octanol–water partition coefficient (Wildman–Crippen LogP) is 3.88. The number of aromatic nitrogens is 1. The molecule has 0 atom stereocenters. The van der Waals surface area contributed by atoms with Gasteiger partial charge >= 0.3 is 6.18 Å². The monoisotopic (exact) mass is 555 g/mol. The molecule has 30 heavy (non-hydrogen) atoms. The van der Waals surface area contributed by atoms with Crippen molar-refractivity contribution in [1.82, 2.24) is 20.5 Å². The number of halogens is 4. The third kappa shape index (κ3) is 8.46. The number of nitrogens with zero attached hydrogens (tertiary/aromatic N) is 3. The largest absolute Gasteiger partial charge is 0.434 e. The number of rotatable bonds is 8. The van der Waals surface area contributed by atoms with Gasteiger partial charge in [0.1, 0.15) is 11.6 Å². The van der Waals surface area contributed by atoms with Gasteiger partial charge < -0.3 is 15.5 Å². The van der Waals surface area contributed by atoms with Crippen LogP contribution < -0.4 is 10.6 Å². The molecule has 0 aliphatic carbocycles. The van der Waals surface area contributed by atoms with Crippen molar-refractivity contribution in [3.63, 3.8) is 0 Å². The lowest BCUT2D eigenvalue weighted by Crippen LogP contribution is -2.38. The van der Waals surface area contributed by atoms with Gasteiger partial charge in [-0.1, -0.05) is 30.3 Å². The molecule has 0 saturated carbocycles. The third-order valence-electron chi connectivity index (χ3n) is 3.92. The summed E-state index contributed by atoms with van der Waals surface area (Å²) in [7, 11) is 0. The summed E-state index contributed by atoms with van der Waals surface area (Å²) in [5.74, 6) is 0.211. The first kappa shape index (κ1) is 26.1. The second kappa shape index (κ2) is 12.7. The zero-order valence-electron chi connectivity index (χ0n) is 16.7. The van der Waals surface area contributed by atoms with Crippen LogP contribution in [0.2, 0.25) is 0 Å². The molecule has 0 bridgehead atoms. The Balaban J connectivity index is 0.00000450. The number of thiazole rings is 1. The van der Waals surface area contributed by atoms with Crippen molar-refractivity contribution in [3.05, 3.63) is 52.0 Å². The molecule has 0 fully saturated rings. The maximum atomic E-state index is 12.6. The SMILES string of the molecule is CCNC(=NCC(=O)N(CC)Cc1ccccc1)NCc1nc(C(F)(F)F)cs1.I. The van der Waals surface area contributed by atoms with Crippen LogP contribution in [0, 0.1) is 0 Å². The fraction of sp³-hybridized carbons (Fsp3) is 0.421. The van der Waals surface area contributed by atoms with Crippen molar-refractivity contribution in [2.24, 2.45) is 4.99 Å². The summed E-state index contributed by atoms with van der Waals surface area (Å²) in [5.41, 5.74) is 0.122.